The van der Waals surface area contributed by atoms with Crippen LogP contribution in [0.3, 0.4) is 0 Å². The maximum Gasteiger partial charge on any atom is 0.113 e. The van der Waals surface area contributed by atoms with Crippen LogP contribution >= 0.6 is 0 Å². The third-order valence-corrected chi connectivity index (χ3v) is 1.76. The summed E-state index contributed by atoms with van der Waals surface area (Å²) in [5.74, 6) is 0. The highest BCUT2D eigenvalue weighted by Crippen LogP contribution is 2.06. The van der Waals surface area contributed by atoms with Crippen LogP contribution in [0.2, 0.25) is 0 Å². The van der Waals surface area contributed by atoms with Gasteiger partial charge in [0.15, 0.2) is 0 Å². The lowest BCUT2D eigenvalue weighted by Crippen LogP contribution is -2.13. The van der Waals surface area contributed by atoms with Crippen LogP contribution in [0.1, 0.15) is 6.92 Å². The molecule has 4 heteroatoms. The van der Waals surface area contributed by atoms with Crippen molar-refractivity contribution in [2.24, 2.45) is 0 Å². The van der Waals surface area contributed by atoms with Gasteiger partial charge in [0.25, 0.3) is 0 Å². The Balaban J connectivity index is 2.38. The molecule has 1 N–H and O–H groups in total. The fraction of sp³-hybridized carbons (Fsp3) is 0.333. The van der Waals surface area contributed by atoms with E-state index in [2.05, 4.69) is 10.2 Å². The lowest BCUT2D eigenvalue weighted by Gasteiger charge is -2.00. The van der Waals surface area contributed by atoms with Gasteiger partial charge in [0.05, 0.1) is 12.6 Å². The fourth-order valence-corrected chi connectivity index (χ4v) is 1.22. The molecule has 1 atom stereocenters. The molecule has 2 rings (SSSR count). The summed E-state index contributed by atoms with van der Waals surface area (Å²) in [6, 6.07) is 7.65. The normalized spacial score (nSPS) is 13.4. The Labute approximate surface area is 75.8 Å². The summed E-state index contributed by atoms with van der Waals surface area (Å²) in [7, 11) is 0. The average Bonchev–Trinajstić information content (AvgIpc) is 2.44. The molecule has 0 aliphatic carbocycles. The minimum Gasteiger partial charge on any atom is -0.391 e. The van der Waals surface area contributed by atoms with Crippen molar-refractivity contribution in [3.63, 3.8) is 0 Å². The fourth-order valence-electron chi connectivity index (χ4n) is 1.22. The molecule has 2 aromatic rings. The van der Waals surface area contributed by atoms with Crippen LogP contribution in [0.25, 0.3) is 11.0 Å². The quantitative estimate of drug-likeness (QED) is 0.738. The first-order chi connectivity index (χ1) is 6.25. The largest absolute Gasteiger partial charge is 0.391 e. The predicted octanol–water partition coefficient (Wildman–Crippen LogP) is 0.812. The summed E-state index contributed by atoms with van der Waals surface area (Å²) < 4.78 is 0. The number of hydrogen-bond acceptors (Lipinski definition) is 3. The molecule has 0 radical (unpaired) electrons. The topological polar surface area (TPSA) is 50.9 Å². The molecule has 13 heavy (non-hydrogen) atoms. The van der Waals surface area contributed by atoms with Crippen LogP contribution < -0.4 is 0 Å². The Morgan fingerprint density at radius 2 is 1.85 bits per heavy atom. The first-order valence-electron chi connectivity index (χ1n) is 4.23. The van der Waals surface area contributed by atoms with Gasteiger partial charge in [-0.1, -0.05) is 12.1 Å². The molecule has 1 heterocycles. The van der Waals surface area contributed by atoms with Gasteiger partial charge in [-0.3, -0.25) is 0 Å². The van der Waals surface area contributed by atoms with E-state index in [0.717, 1.165) is 11.0 Å². The van der Waals surface area contributed by atoms with Gasteiger partial charge < -0.3 is 5.11 Å². The lowest BCUT2D eigenvalue weighted by molar-refractivity contribution is 0.162. The zero-order chi connectivity index (χ0) is 9.26. The van der Waals surface area contributed by atoms with E-state index in [1.807, 2.05) is 24.3 Å². The van der Waals surface area contributed by atoms with E-state index in [9.17, 15) is 0 Å². The Morgan fingerprint density at radius 1 is 1.31 bits per heavy atom. The SMILES string of the molecule is C[C@@H](O)Cn1nc2ccccc2n1. The van der Waals surface area contributed by atoms with Crippen molar-refractivity contribution in [3.05, 3.63) is 24.3 Å². The van der Waals surface area contributed by atoms with E-state index in [1.54, 1.807) is 6.92 Å². The first kappa shape index (κ1) is 8.19. The molecular formula is C9H11N3O. The molecule has 0 bridgehead atoms. The van der Waals surface area contributed by atoms with Crippen LogP contribution in [0, 0.1) is 0 Å². The number of aliphatic hydroxyl groups is 1. The molecule has 0 aliphatic rings. The van der Waals surface area contributed by atoms with Crippen molar-refractivity contribution in [1.82, 2.24) is 15.0 Å². The molecule has 68 valence electrons. The van der Waals surface area contributed by atoms with Gasteiger partial charge in [0.1, 0.15) is 11.0 Å². The van der Waals surface area contributed by atoms with Crippen molar-refractivity contribution in [1.29, 1.82) is 0 Å². The summed E-state index contributed by atoms with van der Waals surface area (Å²) in [5.41, 5.74) is 1.73. The van der Waals surface area contributed by atoms with Gasteiger partial charge in [-0.25, -0.2) is 0 Å². The second kappa shape index (κ2) is 3.14. The molecule has 0 spiro atoms. The summed E-state index contributed by atoms with van der Waals surface area (Å²) in [6.45, 7) is 2.16. The predicted molar refractivity (Wildman–Crippen MR) is 49.2 cm³/mol. The van der Waals surface area contributed by atoms with Crippen LogP contribution in [0.15, 0.2) is 24.3 Å². The van der Waals surface area contributed by atoms with Gasteiger partial charge >= 0.3 is 0 Å². The molecule has 0 saturated carbocycles. The number of hydrogen-bond donors (Lipinski definition) is 1. The van der Waals surface area contributed by atoms with E-state index in [1.165, 1.54) is 4.80 Å². The highest BCUT2D eigenvalue weighted by molar-refractivity contribution is 5.72. The number of rotatable bonds is 2. The van der Waals surface area contributed by atoms with Crippen LogP contribution in [0.4, 0.5) is 0 Å². The first-order valence-corrected chi connectivity index (χ1v) is 4.23. The summed E-state index contributed by atoms with van der Waals surface area (Å²) in [6.07, 6.45) is -0.415. The Bertz CT molecular complexity index is 375. The molecule has 0 saturated heterocycles. The second-order valence-corrected chi connectivity index (χ2v) is 3.09. The smallest absolute Gasteiger partial charge is 0.113 e. The number of nitrogens with zero attached hydrogens (tertiary/aromatic N) is 3. The molecule has 4 nitrogen and oxygen atoms in total. The van der Waals surface area contributed by atoms with Crippen molar-refractivity contribution in [2.45, 2.75) is 19.6 Å². The van der Waals surface area contributed by atoms with E-state index >= 15 is 0 Å². The number of fused-ring (bicyclic) bond motifs is 1. The molecule has 1 aromatic heterocycles. The zero-order valence-electron chi connectivity index (χ0n) is 7.38. The van der Waals surface area contributed by atoms with Crippen LogP contribution in [-0.4, -0.2) is 26.2 Å². The summed E-state index contributed by atoms with van der Waals surface area (Å²) in [4.78, 5) is 1.52. The van der Waals surface area contributed by atoms with Gasteiger partial charge in [0.2, 0.25) is 0 Å². The minimum absolute atomic E-state index is 0.415. The maximum atomic E-state index is 9.13. The highest BCUT2D eigenvalue weighted by Gasteiger charge is 2.02. The van der Waals surface area contributed by atoms with Crippen molar-refractivity contribution in [3.8, 4) is 0 Å². The van der Waals surface area contributed by atoms with Crippen molar-refractivity contribution >= 4 is 11.0 Å². The molecule has 0 aliphatic heterocycles. The molecule has 0 unspecified atom stereocenters. The molecular weight excluding hydrogens is 166 g/mol. The highest BCUT2D eigenvalue weighted by atomic mass is 16.3. The van der Waals surface area contributed by atoms with Crippen LogP contribution in [-0.2, 0) is 6.54 Å². The Morgan fingerprint density at radius 3 is 2.31 bits per heavy atom. The Hall–Kier alpha value is -1.42. The van der Waals surface area contributed by atoms with Crippen molar-refractivity contribution in [2.75, 3.05) is 0 Å². The van der Waals surface area contributed by atoms with Gasteiger partial charge in [-0.15, -0.1) is 0 Å². The lowest BCUT2D eigenvalue weighted by atomic mass is 10.3. The number of benzene rings is 1. The molecule has 0 amide bonds. The molecule has 1 aromatic carbocycles. The summed E-state index contributed by atoms with van der Waals surface area (Å²) in [5, 5.41) is 17.5. The monoisotopic (exact) mass is 177 g/mol. The minimum atomic E-state index is -0.415. The van der Waals surface area contributed by atoms with Crippen molar-refractivity contribution < 1.29 is 5.11 Å². The van der Waals surface area contributed by atoms with Gasteiger partial charge in [0, 0.05) is 0 Å². The average molecular weight is 177 g/mol. The van der Waals surface area contributed by atoms with Gasteiger partial charge in [-0.2, -0.15) is 15.0 Å². The third-order valence-electron chi connectivity index (χ3n) is 1.76. The van der Waals surface area contributed by atoms with E-state index in [-0.39, 0.29) is 0 Å². The van der Waals surface area contributed by atoms with Gasteiger partial charge in [-0.05, 0) is 19.1 Å². The third kappa shape index (κ3) is 1.67. The maximum absolute atomic E-state index is 9.13. The number of aromatic nitrogens is 3. The summed E-state index contributed by atoms with van der Waals surface area (Å²) >= 11 is 0. The van der Waals surface area contributed by atoms with E-state index in [4.69, 9.17) is 5.11 Å². The second-order valence-electron chi connectivity index (χ2n) is 3.09. The standard InChI is InChI=1S/C9H11N3O/c1-7(13)6-12-10-8-4-2-3-5-9(8)11-12/h2-5,7,13H,6H2,1H3/t7-/m1/s1. The molecule has 0 fully saturated rings. The zero-order valence-corrected chi connectivity index (χ0v) is 7.38. The van der Waals surface area contributed by atoms with E-state index < -0.39 is 6.10 Å². The van der Waals surface area contributed by atoms with E-state index in [0.29, 0.717) is 6.54 Å². The number of aliphatic hydroxyl groups excluding tert-OH is 1. The van der Waals surface area contributed by atoms with Crippen LogP contribution in [0.5, 0.6) is 0 Å². The Kier molecular flexibility index (Phi) is 1.98.